The van der Waals surface area contributed by atoms with Crippen LogP contribution in [-0.2, 0) is 24.2 Å². The number of aromatic nitrogens is 2. The molecule has 3 aromatic rings. The van der Waals surface area contributed by atoms with Crippen molar-refractivity contribution in [1.82, 2.24) is 9.55 Å². The minimum Gasteiger partial charge on any atom is -0.346 e. The highest BCUT2D eigenvalue weighted by atomic mass is 32.1. The molecule has 0 aliphatic heterocycles. The average Bonchev–Trinajstić information content (AvgIpc) is 3.25. The zero-order valence-corrected chi connectivity index (χ0v) is 14.9. The summed E-state index contributed by atoms with van der Waals surface area (Å²) < 4.78 is 1.98. The van der Waals surface area contributed by atoms with E-state index in [0.717, 1.165) is 29.4 Å². The van der Waals surface area contributed by atoms with Crippen LogP contribution in [0.4, 0.5) is 5.13 Å². The Morgan fingerprint density at radius 2 is 2.12 bits per heavy atom. The predicted molar refractivity (Wildman–Crippen MR) is 99.3 cm³/mol. The van der Waals surface area contributed by atoms with Gasteiger partial charge in [0.15, 0.2) is 10.9 Å². The molecule has 0 spiro atoms. The number of hydrogen-bond donors (Lipinski definition) is 1. The molecule has 2 heterocycles. The molecule has 25 heavy (non-hydrogen) atoms. The fourth-order valence-corrected chi connectivity index (χ4v) is 4.43. The van der Waals surface area contributed by atoms with Crippen LogP contribution in [0, 0.1) is 0 Å². The number of para-hydroxylation sites is 1. The number of nitrogens with zero attached hydrogens (tertiary/aromatic N) is 2. The van der Waals surface area contributed by atoms with Crippen LogP contribution < -0.4 is 5.32 Å². The third-order valence-electron chi connectivity index (χ3n) is 4.59. The van der Waals surface area contributed by atoms with Crippen LogP contribution in [0.2, 0.25) is 0 Å². The zero-order chi connectivity index (χ0) is 17.4. The lowest BCUT2D eigenvalue weighted by Gasteiger charge is -2.05. The zero-order valence-electron chi connectivity index (χ0n) is 14.0. The quantitative estimate of drug-likeness (QED) is 0.709. The Kier molecular flexibility index (Phi) is 4.13. The van der Waals surface area contributed by atoms with Crippen LogP contribution in [0.25, 0.3) is 10.9 Å². The number of Topliss-reactive ketones (excluding diaryl/α,β-unsaturated/α-hetero) is 1. The van der Waals surface area contributed by atoms with Crippen molar-refractivity contribution >= 4 is 39.1 Å². The number of aryl methyl sites for hydroxylation is 3. The van der Waals surface area contributed by atoms with E-state index in [0.29, 0.717) is 23.7 Å². The van der Waals surface area contributed by atoms with Crippen LogP contribution in [-0.4, -0.2) is 21.2 Å². The van der Waals surface area contributed by atoms with Crippen molar-refractivity contribution in [2.75, 3.05) is 5.32 Å². The molecule has 5 nitrogen and oxygen atoms in total. The van der Waals surface area contributed by atoms with Gasteiger partial charge in [0.25, 0.3) is 0 Å². The molecule has 1 aliphatic carbocycles. The second-order valence-electron chi connectivity index (χ2n) is 6.35. The number of rotatable bonds is 5. The average molecular weight is 353 g/mol. The Morgan fingerprint density at radius 3 is 2.92 bits per heavy atom. The first kappa shape index (κ1) is 16.0. The molecule has 0 bridgehead atoms. The van der Waals surface area contributed by atoms with Gasteiger partial charge in [-0.05, 0) is 32.3 Å². The summed E-state index contributed by atoms with van der Waals surface area (Å²) >= 11 is 1.59. The summed E-state index contributed by atoms with van der Waals surface area (Å²) in [5.74, 6) is -0.00807. The van der Waals surface area contributed by atoms with E-state index in [1.165, 1.54) is 11.3 Å². The summed E-state index contributed by atoms with van der Waals surface area (Å²) in [4.78, 5) is 29.9. The maximum Gasteiger partial charge on any atom is 0.227 e. The minimum atomic E-state index is -0.0467. The van der Waals surface area contributed by atoms with Crippen molar-refractivity contribution < 1.29 is 9.59 Å². The second kappa shape index (κ2) is 6.44. The molecule has 0 saturated heterocycles. The van der Waals surface area contributed by atoms with Gasteiger partial charge in [0.2, 0.25) is 5.91 Å². The number of anilines is 1. The number of thiazole rings is 1. The van der Waals surface area contributed by atoms with E-state index in [1.54, 1.807) is 18.3 Å². The normalized spacial score (nSPS) is 13.2. The number of amides is 1. The third kappa shape index (κ3) is 3.09. The number of hydrogen-bond acceptors (Lipinski definition) is 4. The maximum absolute atomic E-state index is 12.3. The molecule has 1 aliphatic rings. The standard InChI is InChI=1S/C19H19N3O2S/c1-12(23)14-11-22(16-7-3-2-5-13(14)16)10-9-18(24)21-19-20-15-6-4-8-17(15)25-19/h2-3,5,7,11H,4,6,8-10H2,1H3,(H,20,21,24). The fourth-order valence-electron chi connectivity index (χ4n) is 3.36. The summed E-state index contributed by atoms with van der Waals surface area (Å²) in [6, 6.07) is 7.79. The Bertz CT molecular complexity index is 949. The van der Waals surface area contributed by atoms with Gasteiger partial charge >= 0.3 is 0 Å². The van der Waals surface area contributed by atoms with E-state index < -0.39 is 0 Å². The molecule has 0 unspecified atom stereocenters. The molecule has 0 atom stereocenters. The van der Waals surface area contributed by atoms with Crippen molar-refractivity contribution in [3.8, 4) is 0 Å². The Morgan fingerprint density at radius 1 is 1.28 bits per heavy atom. The van der Waals surface area contributed by atoms with Crippen LogP contribution in [0.1, 0.15) is 40.7 Å². The molecular formula is C19H19N3O2S. The monoisotopic (exact) mass is 353 g/mol. The van der Waals surface area contributed by atoms with Gasteiger partial charge in [0.05, 0.1) is 5.69 Å². The smallest absolute Gasteiger partial charge is 0.227 e. The van der Waals surface area contributed by atoms with E-state index in [2.05, 4.69) is 10.3 Å². The van der Waals surface area contributed by atoms with Crippen molar-refractivity contribution in [3.63, 3.8) is 0 Å². The largest absolute Gasteiger partial charge is 0.346 e. The third-order valence-corrected chi connectivity index (χ3v) is 5.66. The van der Waals surface area contributed by atoms with Crippen molar-refractivity contribution in [2.45, 2.75) is 39.2 Å². The molecule has 6 heteroatoms. The van der Waals surface area contributed by atoms with E-state index in [9.17, 15) is 9.59 Å². The minimum absolute atomic E-state index is 0.0386. The van der Waals surface area contributed by atoms with Gasteiger partial charge in [-0.25, -0.2) is 4.98 Å². The van der Waals surface area contributed by atoms with Gasteiger partial charge in [-0.2, -0.15) is 0 Å². The van der Waals surface area contributed by atoms with E-state index >= 15 is 0 Å². The van der Waals surface area contributed by atoms with E-state index in [4.69, 9.17) is 0 Å². The number of carbonyl (C=O) groups is 2. The summed E-state index contributed by atoms with van der Waals surface area (Å²) in [7, 11) is 0. The van der Waals surface area contributed by atoms with Gasteiger partial charge in [-0.3, -0.25) is 9.59 Å². The first-order valence-electron chi connectivity index (χ1n) is 8.49. The lowest BCUT2D eigenvalue weighted by molar-refractivity contribution is -0.116. The van der Waals surface area contributed by atoms with Crippen LogP contribution in [0.5, 0.6) is 0 Å². The molecule has 1 aromatic carbocycles. The SMILES string of the molecule is CC(=O)c1cn(CCC(=O)Nc2nc3c(s2)CCC3)c2ccccc12. The highest BCUT2D eigenvalue weighted by molar-refractivity contribution is 7.15. The van der Waals surface area contributed by atoms with Gasteiger partial charge in [0, 0.05) is 40.5 Å². The molecule has 0 radical (unpaired) electrons. The fraction of sp³-hybridized carbons (Fsp3) is 0.316. The molecular weight excluding hydrogens is 334 g/mol. The molecule has 128 valence electrons. The predicted octanol–water partition coefficient (Wildman–Crippen LogP) is 3.82. The molecule has 1 N–H and O–H groups in total. The molecule has 4 rings (SSSR count). The van der Waals surface area contributed by atoms with Crippen molar-refractivity contribution in [2.24, 2.45) is 0 Å². The Labute approximate surface area is 149 Å². The van der Waals surface area contributed by atoms with Gasteiger partial charge < -0.3 is 9.88 Å². The molecule has 2 aromatic heterocycles. The number of nitrogens with one attached hydrogen (secondary N) is 1. The molecule has 0 saturated carbocycles. The highest BCUT2D eigenvalue weighted by Crippen LogP contribution is 2.30. The lowest BCUT2D eigenvalue weighted by atomic mass is 10.1. The van der Waals surface area contributed by atoms with E-state index in [1.807, 2.05) is 35.0 Å². The lowest BCUT2D eigenvalue weighted by Crippen LogP contribution is -2.14. The summed E-state index contributed by atoms with van der Waals surface area (Å²) in [6.45, 7) is 2.10. The van der Waals surface area contributed by atoms with Crippen LogP contribution >= 0.6 is 11.3 Å². The summed E-state index contributed by atoms with van der Waals surface area (Å²) in [5, 5.41) is 4.55. The first-order valence-corrected chi connectivity index (χ1v) is 9.30. The number of carbonyl (C=O) groups excluding carboxylic acids is 2. The number of ketones is 1. The summed E-state index contributed by atoms with van der Waals surface area (Å²) in [5.41, 5.74) is 2.82. The Hall–Kier alpha value is -2.47. The van der Waals surface area contributed by atoms with Crippen molar-refractivity contribution in [3.05, 3.63) is 46.6 Å². The molecule has 1 amide bonds. The highest BCUT2D eigenvalue weighted by Gasteiger charge is 2.18. The van der Waals surface area contributed by atoms with Crippen LogP contribution in [0.15, 0.2) is 30.5 Å². The first-order chi connectivity index (χ1) is 12.1. The number of benzene rings is 1. The topological polar surface area (TPSA) is 64.0 Å². The van der Waals surface area contributed by atoms with E-state index in [-0.39, 0.29) is 11.7 Å². The number of fused-ring (bicyclic) bond motifs is 2. The Balaban J connectivity index is 1.46. The van der Waals surface area contributed by atoms with Gasteiger partial charge in [0.1, 0.15) is 0 Å². The second-order valence-corrected chi connectivity index (χ2v) is 7.43. The maximum atomic E-state index is 12.3. The van der Waals surface area contributed by atoms with Gasteiger partial charge in [-0.15, -0.1) is 11.3 Å². The molecule has 0 fully saturated rings. The summed E-state index contributed by atoms with van der Waals surface area (Å²) in [6.07, 6.45) is 5.46. The van der Waals surface area contributed by atoms with Crippen molar-refractivity contribution in [1.29, 1.82) is 0 Å². The van der Waals surface area contributed by atoms with Gasteiger partial charge in [-0.1, -0.05) is 18.2 Å². The van der Waals surface area contributed by atoms with Crippen LogP contribution in [0.3, 0.4) is 0 Å².